The van der Waals surface area contributed by atoms with Crippen LogP contribution in [0.1, 0.15) is 26.7 Å². The fraction of sp³-hybridized carbons (Fsp3) is 1.00. The highest BCUT2D eigenvalue weighted by Crippen LogP contribution is 2.02. The lowest BCUT2D eigenvalue weighted by Crippen LogP contribution is -2.55. The van der Waals surface area contributed by atoms with Gasteiger partial charge in [-0.3, -0.25) is 0 Å². The van der Waals surface area contributed by atoms with Gasteiger partial charge in [0.05, 0.1) is 0 Å². The molecule has 0 aromatic carbocycles. The smallest absolute Gasteiger partial charge is 0.0317 e. The molecule has 1 heterocycles. The minimum absolute atomic E-state index is 0.766. The molecule has 0 aliphatic carbocycles. The van der Waals surface area contributed by atoms with E-state index in [1.54, 1.807) is 0 Å². The standard InChI is InChI=1S/C9H20N2/c1-8(2)4-3-5-11-9-6-10-7-9/h8-11H,3-7H2,1-2H3. The summed E-state index contributed by atoms with van der Waals surface area (Å²) in [4.78, 5) is 0. The van der Waals surface area contributed by atoms with E-state index < -0.39 is 0 Å². The summed E-state index contributed by atoms with van der Waals surface area (Å²) >= 11 is 0. The van der Waals surface area contributed by atoms with Crippen LogP contribution < -0.4 is 10.6 Å². The fourth-order valence-electron chi connectivity index (χ4n) is 1.25. The molecule has 11 heavy (non-hydrogen) atoms. The van der Waals surface area contributed by atoms with Crippen LogP contribution >= 0.6 is 0 Å². The topological polar surface area (TPSA) is 24.1 Å². The molecule has 0 atom stereocenters. The zero-order chi connectivity index (χ0) is 8.10. The first kappa shape index (κ1) is 9.01. The largest absolute Gasteiger partial charge is 0.314 e. The second kappa shape index (κ2) is 4.73. The highest BCUT2D eigenvalue weighted by atomic mass is 15.1. The van der Waals surface area contributed by atoms with Crippen molar-refractivity contribution in [3.05, 3.63) is 0 Å². The molecule has 2 heteroatoms. The minimum atomic E-state index is 0.766. The lowest BCUT2D eigenvalue weighted by Gasteiger charge is -2.28. The van der Waals surface area contributed by atoms with Crippen LogP contribution in [0, 0.1) is 5.92 Å². The Hall–Kier alpha value is -0.0800. The van der Waals surface area contributed by atoms with E-state index in [1.165, 1.54) is 32.5 Å². The number of rotatable bonds is 5. The van der Waals surface area contributed by atoms with Crippen LogP contribution in [0.25, 0.3) is 0 Å². The van der Waals surface area contributed by atoms with Gasteiger partial charge in [-0.2, -0.15) is 0 Å². The van der Waals surface area contributed by atoms with E-state index in [-0.39, 0.29) is 0 Å². The maximum absolute atomic E-state index is 3.51. The molecule has 66 valence electrons. The molecule has 2 N–H and O–H groups in total. The van der Waals surface area contributed by atoms with Crippen molar-refractivity contribution < 1.29 is 0 Å². The predicted molar refractivity (Wildman–Crippen MR) is 48.7 cm³/mol. The molecule has 0 radical (unpaired) electrons. The van der Waals surface area contributed by atoms with E-state index in [9.17, 15) is 0 Å². The molecule has 0 aromatic heterocycles. The van der Waals surface area contributed by atoms with Crippen LogP contribution in [0.3, 0.4) is 0 Å². The van der Waals surface area contributed by atoms with Gasteiger partial charge in [0, 0.05) is 19.1 Å². The van der Waals surface area contributed by atoms with Crippen molar-refractivity contribution in [3.8, 4) is 0 Å². The molecule has 0 spiro atoms. The van der Waals surface area contributed by atoms with Crippen molar-refractivity contribution in [1.29, 1.82) is 0 Å². The normalized spacial score (nSPS) is 18.8. The first-order valence-corrected chi connectivity index (χ1v) is 4.73. The van der Waals surface area contributed by atoms with Gasteiger partial charge in [-0.1, -0.05) is 13.8 Å². The highest BCUT2D eigenvalue weighted by molar-refractivity contribution is 4.80. The van der Waals surface area contributed by atoms with Crippen LogP contribution in [0.4, 0.5) is 0 Å². The minimum Gasteiger partial charge on any atom is -0.314 e. The lowest BCUT2D eigenvalue weighted by molar-refractivity contribution is 0.359. The van der Waals surface area contributed by atoms with E-state index in [1.807, 2.05) is 0 Å². The zero-order valence-corrected chi connectivity index (χ0v) is 7.69. The van der Waals surface area contributed by atoms with Crippen molar-refractivity contribution >= 4 is 0 Å². The molecule has 1 rings (SSSR count). The van der Waals surface area contributed by atoms with Gasteiger partial charge in [-0.05, 0) is 25.3 Å². The Bertz CT molecular complexity index is 97.7. The maximum atomic E-state index is 3.51. The molecule has 0 saturated carbocycles. The predicted octanol–water partition coefficient (Wildman–Crippen LogP) is 0.984. The molecule has 1 aliphatic heterocycles. The van der Waals surface area contributed by atoms with Crippen LogP contribution in [0.5, 0.6) is 0 Å². The Morgan fingerprint density at radius 2 is 2.18 bits per heavy atom. The summed E-state index contributed by atoms with van der Waals surface area (Å²) in [5, 5.41) is 6.76. The van der Waals surface area contributed by atoms with E-state index >= 15 is 0 Å². The summed E-state index contributed by atoms with van der Waals surface area (Å²) in [7, 11) is 0. The number of nitrogens with one attached hydrogen (secondary N) is 2. The molecule has 1 saturated heterocycles. The van der Waals surface area contributed by atoms with Crippen molar-refractivity contribution in [2.75, 3.05) is 19.6 Å². The SMILES string of the molecule is CC(C)CCCNC1CNC1. The van der Waals surface area contributed by atoms with Crippen molar-refractivity contribution in [3.63, 3.8) is 0 Å². The summed E-state index contributed by atoms with van der Waals surface area (Å²) < 4.78 is 0. The molecule has 2 nitrogen and oxygen atoms in total. The van der Waals surface area contributed by atoms with Gasteiger partial charge < -0.3 is 10.6 Å². The Balaban J connectivity index is 1.80. The van der Waals surface area contributed by atoms with E-state index in [0.717, 1.165) is 12.0 Å². The number of hydrogen-bond donors (Lipinski definition) is 2. The van der Waals surface area contributed by atoms with Crippen LogP contribution in [0.15, 0.2) is 0 Å². The molecule has 0 unspecified atom stereocenters. The monoisotopic (exact) mass is 156 g/mol. The summed E-state index contributed by atoms with van der Waals surface area (Å²) in [5.41, 5.74) is 0. The van der Waals surface area contributed by atoms with Crippen molar-refractivity contribution in [2.45, 2.75) is 32.7 Å². The third-order valence-corrected chi connectivity index (χ3v) is 2.17. The third-order valence-electron chi connectivity index (χ3n) is 2.17. The summed E-state index contributed by atoms with van der Waals surface area (Å²) in [6, 6.07) is 0.766. The van der Waals surface area contributed by atoms with Crippen LogP contribution in [0.2, 0.25) is 0 Å². The fourth-order valence-corrected chi connectivity index (χ4v) is 1.25. The van der Waals surface area contributed by atoms with Gasteiger partial charge >= 0.3 is 0 Å². The molecular weight excluding hydrogens is 136 g/mol. The lowest BCUT2D eigenvalue weighted by atomic mass is 10.1. The van der Waals surface area contributed by atoms with E-state index in [2.05, 4.69) is 24.5 Å². The van der Waals surface area contributed by atoms with Gasteiger partial charge in [0.2, 0.25) is 0 Å². The Labute approximate surface area is 69.8 Å². The Morgan fingerprint density at radius 3 is 2.64 bits per heavy atom. The highest BCUT2D eigenvalue weighted by Gasteiger charge is 2.14. The van der Waals surface area contributed by atoms with Gasteiger partial charge in [0.1, 0.15) is 0 Å². The molecule has 1 fully saturated rings. The van der Waals surface area contributed by atoms with E-state index in [0.29, 0.717) is 0 Å². The Morgan fingerprint density at radius 1 is 1.45 bits per heavy atom. The van der Waals surface area contributed by atoms with Crippen molar-refractivity contribution in [2.24, 2.45) is 5.92 Å². The molecule has 0 bridgehead atoms. The third kappa shape index (κ3) is 3.73. The Kier molecular flexibility index (Phi) is 3.87. The van der Waals surface area contributed by atoms with Crippen LogP contribution in [-0.4, -0.2) is 25.7 Å². The average molecular weight is 156 g/mol. The second-order valence-electron chi connectivity index (χ2n) is 3.85. The number of hydrogen-bond acceptors (Lipinski definition) is 2. The quantitative estimate of drug-likeness (QED) is 0.580. The first-order chi connectivity index (χ1) is 5.29. The maximum Gasteiger partial charge on any atom is 0.0317 e. The molecule has 0 aromatic rings. The average Bonchev–Trinajstić information content (AvgIpc) is 1.82. The van der Waals surface area contributed by atoms with Gasteiger partial charge in [0.25, 0.3) is 0 Å². The van der Waals surface area contributed by atoms with Crippen molar-refractivity contribution in [1.82, 2.24) is 10.6 Å². The summed E-state index contributed by atoms with van der Waals surface area (Å²) in [6.45, 7) is 8.10. The van der Waals surface area contributed by atoms with Crippen LogP contribution in [-0.2, 0) is 0 Å². The summed E-state index contributed by atoms with van der Waals surface area (Å²) in [5.74, 6) is 0.858. The molecule has 0 amide bonds. The second-order valence-corrected chi connectivity index (χ2v) is 3.85. The first-order valence-electron chi connectivity index (χ1n) is 4.73. The van der Waals surface area contributed by atoms with Gasteiger partial charge in [-0.25, -0.2) is 0 Å². The van der Waals surface area contributed by atoms with Gasteiger partial charge in [-0.15, -0.1) is 0 Å². The van der Waals surface area contributed by atoms with E-state index in [4.69, 9.17) is 0 Å². The van der Waals surface area contributed by atoms with Gasteiger partial charge in [0.15, 0.2) is 0 Å². The zero-order valence-electron chi connectivity index (χ0n) is 7.69. The molecular formula is C9H20N2. The summed E-state index contributed by atoms with van der Waals surface area (Å²) in [6.07, 6.45) is 2.68. The molecule has 1 aliphatic rings.